The Morgan fingerprint density at radius 1 is 1.21 bits per heavy atom. The van der Waals surface area contributed by atoms with Gasteiger partial charge in [0.1, 0.15) is 0 Å². The minimum Gasteiger partial charge on any atom is -0.350 e. The average Bonchev–Trinajstić information content (AvgIpc) is 2.42. The Morgan fingerprint density at radius 3 is 2.37 bits per heavy atom. The van der Waals surface area contributed by atoms with Crippen molar-refractivity contribution < 1.29 is 14.4 Å². The summed E-state index contributed by atoms with van der Waals surface area (Å²) in [5.74, 6) is -0.180. The third-order valence-electron chi connectivity index (χ3n) is 2.60. The first-order valence-electron chi connectivity index (χ1n) is 6.11. The Labute approximate surface area is 112 Å². The van der Waals surface area contributed by atoms with Gasteiger partial charge < -0.3 is 10.6 Å². The van der Waals surface area contributed by atoms with E-state index in [-0.39, 0.29) is 24.2 Å². The van der Waals surface area contributed by atoms with Gasteiger partial charge in [-0.2, -0.15) is 0 Å². The molecule has 0 saturated carbocycles. The van der Waals surface area contributed by atoms with Gasteiger partial charge in [0.2, 0.25) is 12.3 Å². The summed E-state index contributed by atoms with van der Waals surface area (Å²) in [6.07, 6.45) is 0.478. The Morgan fingerprint density at radius 2 is 1.84 bits per heavy atom. The molecule has 0 atom stereocenters. The predicted molar refractivity (Wildman–Crippen MR) is 71.5 cm³/mol. The molecule has 2 N–H and O–H groups in total. The zero-order valence-electron chi connectivity index (χ0n) is 11.1. The number of Topliss-reactive ketones (excluding diaryl/α,β-unsaturated/α-hetero) is 1. The van der Waals surface area contributed by atoms with Crippen molar-refractivity contribution >= 4 is 18.1 Å². The normalized spacial score (nSPS) is 10.1. The highest BCUT2D eigenvalue weighted by Crippen LogP contribution is 2.10. The van der Waals surface area contributed by atoms with Gasteiger partial charge in [0.25, 0.3) is 0 Å². The topological polar surface area (TPSA) is 75.3 Å². The maximum atomic E-state index is 11.7. The van der Waals surface area contributed by atoms with Gasteiger partial charge in [0.15, 0.2) is 5.78 Å². The molecule has 0 spiro atoms. The van der Waals surface area contributed by atoms with Gasteiger partial charge in [0, 0.05) is 18.0 Å². The Balaban J connectivity index is 2.51. The molecule has 0 bridgehead atoms. The van der Waals surface area contributed by atoms with Crippen LogP contribution in [-0.2, 0) is 16.1 Å². The van der Waals surface area contributed by atoms with E-state index in [1.807, 2.05) is 26.0 Å². The van der Waals surface area contributed by atoms with Crippen molar-refractivity contribution in [2.24, 2.45) is 5.92 Å². The minimum absolute atomic E-state index is 0.0278. The summed E-state index contributed by atoms with van der Waals surface area (Å²) in [6, 6.07) is 7.13. The average molecular weight is 262 g/mol. The number of rotatable bonds is 7. The molecule has 2 amide bonds. The van der Waals surface area contributed by atoms with Crippen LogP contribution in [0.3, 0.4) is 0 Å². The van der Waals surface area contributed by atoms with Gasteiger partial charge in [-0.3, -0.25) is 14.4 Å². The SMILES string of the molecule is CC(C)C(=O)c1ccc(CNC(=O)CNC=O)cc1. The second kappa shape index (κ2) is 7.31. The fraction of sp³-hybridized carbons (Fsp3) is 0.357. The minimum atomic E-state index is -0.255. The monoisotopic (exact) mass is 262 g/mol. The molecule has 0 fully saturated rings. The van der Waals surface area contributed by atoms with E-state index in [0.29, 0.717) is 18.5 Å². The van der Waals surface area contributed by atoms with Crippen LogP contribution in [0.25, 0.3) is 0 Å². The highest BCUT2D eigenvalue weighted by atomic mass is 16.2. The summed E-state index contributed by atoms with van der Waals surface area (Å²) in [4.78, 5) is 33.0. The van der Waals surface area contributed by atoms with Crippen molar-refractivity contribution in [1.82, 2.24) is 10.6 Å². The first kappa shape index (κ1) is 14.9. The highest BCUT2D eigenvalue weighted by molar-refractivity contribution is 5.97. The van der Waals surface area contributed by atoms with E-state index < -0.39 is 0 Å². The quantitative estimate of drug-likeness (QED) is 0.566. The molecule has 1 aromatic carbocycles. The summed E-state index contributed by atoms with van der Waals surface area (Å²) in [7, 11) is 0. The van der Waals surface area contributed by atoms with Crippen molar-refractivity contribution in [3.63, 3.8) is 0 Å². The third-order valence-corrected chi connectivity index (χ3v) is 2.60. The molecule has 0 heterocycles. The number of amides is 2. The number of benzene rings is 1. The molecule has 0 unspecified atom stereocenters. The largest absolute Gasteiger partial charge is 0.350 e. The van der Waals surface area contributed by atoms with Crippen LogP contribution >= 0.6 is 0 Å². The van der Waals surface area contributed by atoms with Gasteiger partial charge in [-0.05, 0) is 5.56 Å². The fourth-order valence-corrected chi connectivity index (χ4v) is 1.52. The van der Waals surface area contributed by atoms with Gasteiger partial charge >= 0.3 is 0 Å². The van der Waals surface area contributed by atoms with Crippen LogP contribution in [0.4, 0.5) is 0 Å². The van der Waals surface area contributed by atoms with Crippen LogP contribution in [0.2, 0.25) is 0 Å². The van der Waals surface area contributed by atoms with E-state index in [4.69, 9.17) is 0 Å². The molecule has 0 aliphatic carbocycles. The lowest BCUT2D eigenvalue weighted by Crippen LogP contribution is -2.32. The van der Waals surface area contributed by atoms with Gasteiger partial charge in [-0.1, -0.05) is 38.1 Å². The number of carbonyl (C=O) groups is 3. The molecule has 1 rings (SSSR count). The molecule has 5 nitrogen and oxygen atoms in total. The second-order valence-electron chi connectivity index (χ2n) is 4.49. The van der Waals surface area contributed by atoms with Gasteiger partial charge in [-0.25, -0.2) is 0 Å². The Hall–Kier alpha value is -2.17. The van der Waals surface area contributed by atoms with E-state index in [0.717, 1.165) is 5.56 Å². The van der Waals surface area contributed by atoms with Crippen LogP contribution < -0.4 is 10.6 Å². The van der Waals surface area contributed by atoms with E-state index in [1.165, 1.54) is 0 Å². The van der Waals surface area contributed by atoms with Crippen LogP contribution in [0.5, 0.6) is 0 Å². The van der Waals surface area contributed by atoms with Crippen LogP contribution in [0, 0.1) is 5.92 Å². The molecule has 0 aliphatic heterocycles. The summed E-state index contributed by atoms with van der Waals surface area (Å²) >= 11 is 0. The maximum Gasteiger partial charge on any atom is 0.239 e. The Kier molecular flexibility index (Phi) is 5.73. The van der Waals surface area contributed by atoms with E-state index >= 15 is 0 Å². The van der Waals surface area contributed by atoms with Crippen molar-refractivity contribution in [2.45, 2.75) is 20.4 Å². The molecule has 1 aromatic rings. The number of hydrogen-bond acceptors (Lipinski definition) is 3. The molecule has 0 saturated heterocycles. The number of hydrogen-bond donors (Lipinski definition) is 2. The molecule has 0 radical (unpaired) electrons. The molecule has 19 heavy (non-hydrogen) atoms. The second-order valence-corrected chi connectivity index (χ2v) is 4.49. The van der Waals surface area contributed by atoms with Crippen molar-refractivity contribution in [1.29, 1.82) is 0 Å². The molecule has 102 valence electrons. The lowest BCUT2D eigenvalue weighted by Gasteiger charge is -2.07. The number of ketones is 1. The zero-order valence-corrected chi connectivity index (χ0v) is 11.1. The summed E-state index contributed by atoms with van der Waals surface area (Å²) in [5, 5.41) is 4.94. The van der Waals surface area contributed by atoms with Crippen LogP contribution in [-0.4, -0.2) is 24.6 Å². The lowest BCUT2D eigenvalue weighted by molar-refractivity contribution is -0.122. The number of nitrogens with one attached hydrogen (secondary N) is 2. The van der Waals surface area contributed by atoms with E-state index in [2.05, 4.69) is 10.6 Å². The predicted octanol–water partition coefficient (Wildman–Crippen LogP) is 0.887. The molecular weight excluding hydrogens is 244 g/mol. The molecule has 5 heteroatoms. The fourth-order valence-electron chi connectivity index (χ4n) is 1.52. The zero-order chi connectivity index (χ0) is 14.3. The smallest absolute Gasteiger partial charge is 0.239 e. The first-order chi connectivity index (χ1) is 9.04. The van der Waals surface area contributed by atoms with Gasteiger partial charge in [-0.15, -0.1) is 0 Å². The van der Waals surface area contributed by atoms with Crippen molar-refractivity contribution in [2.75, 3.05) is 6.54 Å². The van der Waals surface area contributed by atoms with Crippen molar-refractivity contribution in [3.05, 3.63) is 35.4 Å². The summed E-state index contributed by atoms with van der Waals surface area (Å²) in [6.45, 7) is 4.05. The Bertz CT molecular complexity index is 452. The summed E-state index contributed by atoms with van der Waals surface area (Å²) < 4.78 is 0. The first-order valence-corrected chi connectivity index (χ1v) is 6.11. The van der Waals surface area contributed by atoms with Gasteiger partial charge in [0.05, 0.1) is 6.54 Å². The third kappa shape index (κ3) is 4.91. The summed E-state index contributed by atoms with van der Waals surface area (Å²) in [5.41, 5.74) is 1.58. The van der Waals surface area contributed by atoms with Crippen LogP contribution in [0.1, 0.15) is 29.8 Å². The molecule has 0 aliphatic rings. The maximum absolute atomic E-state index is 11.7. The van der Waals surface area contributed by atoms with E-state index in [1.54, 1.807) is 12.1 Å². The van der Waals surface area contributed by atoms with E-state index in [9.17, 15) is 14.4 Å². The highest BCUT2D eigenvalue weighted by Gasteiger charge is 2.09. The van der Waals surface area contributed by atoms with Crippen molar-refractivity contribution in [3.8, 4) is 0 Å². The lowest BCUT2D eigenvalue weighted by atomic mass is 10.00. The van der Waals surface area contributed by atoms with Crippen LogP contribution in [0.15, 0.2) is 24.3 Å². The number of carbonyl (C=O) groups excluding carboxylic acids is 3. The molecular formula is C14H18N2O3. The molecule has 0 aromatic heterocycles. The standard InChI is InChI=1S/C14H18N2O3/c1-10(2)14(19)12-5-3-11(4-6-12)7-16-13(18)8-15-9-17/h3-6,9-10H,7-8H2,1-2H3,(H,15,17)(H,16,18).